The smallest absolute Gasteiger partial charge is 0.329 e. The Morgan fingerprint density at radius 1 is 1.39 bits per heavy atom. The molecular formula is C15H12F2N2O4. The van der Waals surface area contributed by atoms with E-state index in [1.54, 1.807) is 0 Å². The van der Waals surface area contributed by atoms with Crippen molar-refractivity contribution >= 4 is 11.9 Å². The number of nitrogens with one attached hydrogen (secondary N) is 1. The lowest BCUT2D eigenvalue weighted by atomic mass is 10.1. The summed E-state index contributed by atoms with van der Waals surface area (Å²) in [7, 11) is 0. The lowest BCUT2D eigenvalue weighted by Crippen LogP contribution is -2.34. The predicted molar refractivity (Wildman–Crippen MR) is 72.8 cm³/mol. The van der Waals surface area contributed by atoms with E-state index in [2.05, 4.69) is 10.5 Å². The lowest BCUT2D eigenvalue weighted by molar-refractivity contribution is -0.147. The Morgan fingerprint density at radius 2 is 2.22 bits per heavy atom. The number of ether oxygens (including phenoxy) is 1. The Balaban J connectivity index is 1.63. The predicted octanol–water partition coefficient (Wildman–Crippen LogP) is 1.94. The van der Waals surface area contributed by atoms with Gasteiger partial charge in [-0.1, -0.05) is 5.16 Å². The molecule has 3 rings (SSSR count). The van der Waals surface area contributed by atoms with Crippen molar-refractivity contribution in [2.45, 2.75) is 25.5 Å². The molecule has 0 aliphatic carbocycles. The van der Waals surface area contributed by atoms with E-state index in [1.165, 1.54) is 12.1 Å². The molecule has 0 radical (unpaired) electrons. The highest BCUT2D eigenvalue weighted by molar-refractivity contribution is 5.88. The first-order chi connectivity index (χ1) is 11.0. The maximum absolute atomic E-state index is 13.6. The number of esters is 1. The van der Waals surface area contributed by atoms with Crippen molar-refractivity contribution in [3.63, 3.8) is 0 Å². The number of rotatable bonds is 4. The first-order valence-corrected chi connectivity index (χ1v) is 6.90. The van der Waals surface area contributed by atoms with Gasteiger partial charge in [-0.25, -0.2) is 13.6 Å². The number of halogens is 2. The Labute approximate surface area is 129 Å². The SMILES string of the molecule is O=C1CCC(C(=O)OCc2cc(-c3ccc(F)cc3F)on2)N1. The van der Waals surface area contributed by atoms with Crippen LogP contribution in [0.4, 0.5) is 8.78 Å². The Kier molecular flexibility index (Phi) is 4.05. The third-order valence-electron chi connectivity index (χ3n) is 3.40. The minimum absolute atomic E-state index is 0.0551. The largest absolute Gasteiger partial charge is 0.458 e. The fourth-order valence-corrected chi connectivity index (χ4v) is 2.23. The normalized spacial score (nSPS) is 17.1. The topological polar surface area (TPSA) is 81.4 Å². The zero-order chi connectivity index (χ0) is 16.4. The van der Waals surface area contributed by atoms with Crippen LogP contribution in [0.25, 0.3) is 11.3 Å². The van der Waals surface area contributed by atoms with Gasteiger partial charge >= 0.3 is 5.97 Å². The minimum atomic E-state index is -0.779. The van der Waals surface area contributed by atoms with Crippen molar-refractivity contribution in [3.8, 4) is 11.3 Å². The molecule has 1 aliphatic rings. The lowest BCUT2D eigenvalue weighted by Gasteiger charge is -2.08. The molecule has 0 bridgehead atoms. The van der Waals surface area contributed by atoms with Gasteiger partial charge in [-0.05, 0) is 18.6 Å². The second kappa shape index (κ2) is 6.15. The van der Waals surface area contributed by atoms with Gasteiger partial charge in [0.05, 0.1) is 5.56 Å². The summed E-state index contributed by atoms with van der Waals surface area (Å²) in [5.74, 6) is -2.13. The highest BCUT2D eigenvalue weighted by Crippen LogP contribution is 2.24. The van der Waals surface area contributed by atoms with Crippen LogP contribution in [0.3, 0.4) is 0 Å². The molecule has 0 saturated carbocycles. The van der Waals surface area contributed by atoms with Crippen LogP contribution in [0.15, 0.2) is 28.8 Å². The number of benzene rings is 1. The van der Waals surface area contributed by atoms with E-state index in [-0.39, 0.29) is 36.0 Å². The molecule has 23 heavy (non-hydrogen) atoms. The molecule has 1 fully saturated rings. The van der Waals surface area contributed by atoms with Gasteiger partial charge in [0.1, 0.15) is 30.0 Å². The van der Waals surface area contributed by atoms with Crippen molar-refractivity contribution in [1.29, 1.82) is 0 Å². The zero-order valence-electron chi connectivity index (χ0n) is 11.8. The summed E-state index contributed by atoms with van der Waals surface area (Å²) in [5.41, 5.74) is 0.334. The summed E-state index contributed by atoms with van der Waals surface area (Å²) in [6, 6.07) is 3.82. The number of carbonyl (C=O) groups excluding carboxylic acids is 2. The zero-order valence-corrected chi connectivity index (χ0v) is 11.8. The summed E-state index contributed by atoms with van der Waals surface area (Å²) in [6.45, 7) is -0.169. The van der Waals surface area contributed by atoms with E-state index in [4.69, 9.17) is 9.26 Å². The number of nitrogens with zero attached hydrogens (tertiary/aromatic N) is 1. The molecule has 2 aromatic rings. The summed E-state index contributed by atoms with van der Waals surface area (Å²) in [6.07, 6.45) is 0.681. The average Bonchev–Trinajstić information content (AvgIpc) is 3.14. The molecule has 1 aliphatic heterocycles. The molecule has 1 saturated heterocycles. The standard InChI is InChI=1S/C15H12F2N2O4/c16-8-1-2-10(11(17)5-8)13-6-9(19-23-13)7-22-15(21)12-3-4-14(20)18-12/h1-2,5-6,12H,3-4,7H2,(H,18,20). The van der Waals surface area contributed by atoms with Crippen molar-refractivity contribution in [2.75, 3.05) is 0 Å². The van der Waals surface area contributed by atoms with Crippen molar-refractivity contribution < 1.29 is 27.6 Å². The molecule has 1 aromatic heterocycles. The molecule has 1 N–H and O–H groups in total. The molecule has 1 unspecified atom stereocenters. The Morgan fingerprint density at radius 3 is 2.91 bits per heavy atom. The van der Waals surface area contributed by atoms with Gasteiger partial charge in [-0.2, -0.15) is 0 Å². The van der Waals surface area contributed by atoms with Gasteiger partial charge in [0.2, 0.25) is 5.91 Å². The molecule has 8 heteroatoms. The van der Waals surface area contributed by atoms with E-state index in [9.17, 15) is 18.4 Å². The monoisotopic (exact) mass is 322 g/mol. The third kappa shape index (κ3) is 3.36. The molecule has 120 valence electrons. The molecule has 1 amide bonds. The molecule has 1 aromatic carbocycles. The van der Waals surface area contributed by atoms with Crippen molar-refractivity contribution in [3.05, 3.63) is 41.6 Å². The van der Waals surface area contributed by atoms with E-state index >= 15 is 0 Å². The van der Waals surface area contributed by atoms with Crippen LogP contribution in [0.2, 0.25) is 0 Å². The van der Waals surface area contributed by atoms with Crippen LogP contribution < -0.4 is 5.32 Å². The summed E-state index contributed by atoms with van der Waals surface area (Å²) >= 11 is 0. The molecule has 0 spiro atoms. The van der Waals surface area contributed by atoms with Crippen molar-refractivity contribution in [1.82, 2.24) is 10.5 Å². The van der Waals surface area contributed by atoms with Gasteiger partial charge < -0.3 is 14.6 Å². The van der Waals surface area contributed by atoms with Gasteiger partial charge in [-0.15, -0.1) is 0 Å². The Bertz CT molecular complexity index is 760. The van der Waals surface area contributed by atoms with Crippen LogP contribution in [0.5, 0.6) is 0 Å². The van der Waals surface area contributed by atoms with Crippen LogP contribution in [-0.2, 0) is 20.9 Å². The first kappa shape index (κ1) is 15.1. The van der Waals surface area contributed by atoms with Crippen LogP contribution >= 0.6 is 0 Å². The van der Waals surface area contributed by atoms with Crippen LogP contribution in [-0.4, -0.2) is 23.1 Å². The van der Waals surface area contributed by atoms with Crippen LogP contribution in [0.1, 0.15) is 18.5 Å². The first-order valence-electron chi connectivity index (χ1n) is 6.90. The number of hydrogen-bond acceptors (Lipinski definition) is 5. The molecule has 2 heterocycles. The second-order valence-corrected chi connectivity index (χ2v) is 5.07. The maximum Gasteiger partial charge on any atom is 0.329 e. The fourth-order valence-electron chi connectivity index (χ4n) is 2.23. The second-order valence-electron chi connectivity index (χ2n) is 5.07. The van der Waals surface area contributed by atoms with Gasteiger partial charge in [-0.3, -0.25) is 4.79 Å². The van der Waals surface area contributed by atoms with Gasteiger partial charge in [0.15, 0.2) is 5.76 Å². The van der Waals surface area contributed by atoms with Gasteiger partial charge in [0.25, 0.3) is 0 Å². The number of hydrogen-bond donors (Lipinski definition) is 1. The minimum Gasteiger partial charge on any atom is -0.458 e. The van der Waals surface area contributed by atoms with E-state index in [0.29, 0.717) is 6.42 Å². The summed E-state index contributed by atoms with van der Waals surface area (Å²) in [5, 5.41) is 6.16. The highest BCUT2D eigenvalue weighted by Gasteiger charge is 2.28. The number of aromatic nitrogens is 1. The van der Waals surface area contributed by atoms with Crippen LogP contribution in [0, 0.1) is 11.6 Å². The highest BCUT2D eigenvalue weighted by atomic mass is 19.1. The average molecular weight is 322 g/mol. The molecular weight excluding hydrogens is 310 g/mol. The Hall–Kier alpha value is -2.77. The van der Waals surface area contributed by atoms with E-state index < -0.39 is 23.6 Å². The number of carbonyl (C=O) groups is 2. The quantitative estimate of drug-likeness (QED) is 0.870. The number of amides is 1. The van der Waals surface area contributed by atoms with E-state index in [0.717, 1.165) is 12.1 Å². The van der Waals surface area contributed by atoms with Crippen molar-refractivity contribution in [2.24, 2.45) is 0 Å². The molecule has 6 nitrogen and oxygen atoms in total. The fraction of sp³-hybridized carbons (Fsp3) is 0.267. The third-order valence-corrected chi connectivity index (χ3v) is 3.40. The van der Waals surface area contributed by atoms with E-state index in [1.807, 2.05) is 0 Å². The summed E-state index contributed by atoms with van der Waals surface area (Å²) in [4.78, 5) is 22.8. The molecule has 1 atom stereocenters. The van der Waals surface area contributed by atoms with Gasteiger partial charge in [0, 0.05) is 18.6 Å². The maximum atomic E-state index is 13.6. The summed E-state index contributed by atoms with van der Waals surface area (Å²) < 4.78 is 36.5.